The minimum absolute atomic E-state index is 0.573. The van der Waals surface area contributed by atoms with E-state index in [0.717, 1.165) is 17.7 Å². The highest BCUT2D eigenvalue weighted by Crippen LogP contribution is 2.19. The first-order valence-electron chi connectivity index (χ1n) is 6.97. The zero-order chi connectivity index (χ0) is 12.3. The van der Waals surface area contributed by atoms with Gasteiger partial charge in [0, 0.05) is 24.7 Å². The van der Waals surface area contributed by atoms with Crippen LogP contribution < -0.4 is 10.6 Å². The number of nitrogens with one attached hydrogen (secondary N) is 2. The first kappa shape index (κ1) is 13.1. The molecule has 2 unspecified atom stereocenters. The van der Waals surface area contributed by atoms with Crippen molar-refractivity contribution < 1.29 is 0 Å². The van der Waals surface area contributed by atoms with Gasteiger partial charge in [-0.2, -0.15) is 0 Å². The standard InChI is InChI=1S/C13H25N3S/c1-10-5-3-4-8-16(10)11(2)9-14-13(17)15-12-6-7-12/h10-12H,3-9H2,1-2H3,(H2,14,15,17). The van der Waals surface area contributed by atoms with Gasteiger partial charge in [-0.05, 0) is 58.3 Å². The molecule has 2 rings (SSSR count). The molecule has 2 atom stereocenters. The Bertz CT molecular complexity index is 265. The summed E-state index contributed by atoms with van der Waals surface area (Å²) in [5, 5.41) is 7.51. The average molecular weight is 255 g/mol. The Morgan fingerprint density at radius 3 is 2.76 bits per heavy atom. The van der Waals surface area contributed by atoms with E-state index in [0.29, 0.717) is 12.1 Å². The van der Waals surface area contributed by atoms with Gasteiger partial charge in [-0.3, -0.25) is 4.90 Å². The number of rotatable bonds is 4. The van der Waals surface area contributed by atoms with E-state index < -0.39 is 0 Å². The third-order valence-electron chi connectivity index (χ3n) is 3.89. The molecule has 1 heterocycles. The lowest BCUT2D eigenvalue weighted by Crippen LogP contribution is -2.50. The fourth-order valence-electron chi connectivity index (χ4n) is 2.60. The first-order chi connectivity index (χ1) is 8.16. The highest BCUT2D eigenvalue weighted by Gasteiger charge is 2.24. The van der Waals surface area contributed by atoms with Gasteiger partial charge in [0.15, 0.2) is 5.11 Å². The third-order valence-corrected chi connectivity index (χ3v) is 4.15. The molecular weight excluding hydrogens is 230 g/mol. The van der Waals surface area contributed by atoms with Crippen molar-refractivity contribution in [3.63, 3.8) is 0 Å². The fraction of sp³-hybridized carbons (Fsp3) is 0.923. The second-order valence-electron chi connectivity index (χ2n) is 5.56. The van der Waals surface area contributed by atoms with E-state index in [1.54, 1.807) is 0 Å². The van der Waals surface area contributed by atoms with Crippen molar-refractivity contribution in [3.05, 3.63) is 0 Å². The largest absolute Gasteiger partial charge is 0.361 e. The molecule has 2 fully saturated rings. The lowest BCUT2D eigenvalue weighted by molar-refractivity contribution is 0.116. The van der Waals surface area contributed by atoms with Crippen LogP contribution in [0.1, 0.15) is 46.0 Å². The monoisotopic (exact) mass is 255 g/mol. The Morgan fingerprint density at radius 1 is 1.35 bits per heavy atom. The second kappa shape index (κ2) is 6.01. The molecule has 1 aliphatic heterocycles. The van der Waals surface area contributed by atoms with Crippen LogP contribution >= 0.6 is 12.2 Å². The van der Waals surface area contributed by atoms with E-state index in [9.17, 15) is 0 Å². The summed E-state index contributed by atoms with van der Waals surface area (Å²) >= 11 is 5.28. The Labute approximate surface area is 110 Å². The Hall–Kier alpha value is -0.350. The fourth-order valence-corrected chi connectivity index (χ4v) is 2.85. The number of piperidine rings is 1. The van der Waals surface area contributed by atoms with Crippen molar-refractivity contribution in [1.29, 1.82) is 0 Å². The number of likely N-dealkylation sites (tertiary alicyclic amines) is 1. The lowest BCUT2D eigenvalue weighted by atomic mass is 10.0. The summed E-state index contributed by atoms with van der Waals surface area (Å²) in [5.74, 6) is 0. The molecule has 0 radical (unpaired) electrons. The van der Waals surface area contributed by atoms with E-state index in [-0.39, 0.29) is 0 Å². The van der Waals surface area contributed by atoms with Crippen LogP contribution in [0.5, 0.6) is 0 Å². The van der Waals surface area contributed by atoms with Crippen LogP contribution in [-0.2, 0) is 0 Å². The van der Waals surface area contributed by atoms with Crippen molar-refractivity contribution in [2.45, 2.75) is 64.1 Å². The molecule has 1 aliphatic carbocycles. The molecule has 1 saturated carbocycles. The molecule has 3 nitrogen and oxygen atoms in total. The number of hydrogen-bond donors (Lipinski definition) is 2. The van der Waals surface area contributed by atoms with Crippen LogP contribution in [0.4, 0.5) is 0 Å². The minimum atomic E-state index is 0.573. The second-order valence-corrected chi connectivity index (χ2v) is 5.97. The van der Waals surface area contributed by atoms with Gasteiger partial charge in [0.25, 0.3) is 0 Å². The van der Waals surface area contributed by atoms with E-state index >= 15 is 0 Å². The summed E-state index contributed by atoms with van der Waals surface area (Å²) in [6, 6.07) is 1.95. The molecule has 1 saturated heterocycles. The Morgan fingerprint density at radius 2 is 2.12 bits per heavy atom. The topological polar surface area (TPSA) is 27.3 Å². The van der Waals surface area contributed by atoms with Gasteiger partial charge < -0.3 is 10.6 Å². The third kappa shape index (κ3) is 4.11. The van der Waals surface area contributed by atoms with Crippen LogP contribution in [0.2, 0.25) is 0 Å². The van der Waals surface area contributed by atoms with Gasteiger partial charge in [0.2, 0.25) is 0 Å². The summed E-state index contributed by atoms with van der Waals surface area (Å²) in [5.41, 5.74) is 0. The molecule has 98 valence electrons. The highest BCUT2D eigenvalue weighted by molar-refractivity contribution is 7.80. The van der Waals surface area contributed by atoms with Crippen LogP contribution in [0.25, 0.3) is 0 Å². The van der Waals surface area contributed by atoms with E-state index in [1.807, 2.05) is 0 Å². The maximum absolute atomic E-state index is 5.28. The first-order valence-corrected chi connectivity index (χ1v) is 7.37. The van der Waals surface area contributed by atoms with Crippen LogP contribution in [0, 0.1) is 0 Å². The molecule has 4 heteroatoms. The van der Waals surface area contributed by atoms with E-state index in [1.165, 1.54) is 38.6 Å². The summed E-state index contributed by atoms with van der Waals surface area (Å²) in [6.45, 7) is 6.85. The van der Waals surface area contributed by atoms with Gasteiger partial charge in [-0.25, -0.2) is 0 Å². The van der Waals surface area contributed by atoms with Gasteiger partial charge in [-0.15, -0.1) is 0 Å². The molecule has 0 aromatic rings. The summed E-state index contributed by atoms with van der Waals surface area (Å²) in [6.07, 6.45) is 6.63. The van der Waals surface area contributed by atoms with E-state index in [4.69, 9.17) is 12.2 Å². The van der Waals surface area contributed by atoms with Crippen molar-refractivity contribution in [2.75, 3.05) is 13.1 Å². The Balaban J connectivity index is 1.67. The molecule has 0 aromatic heterocycles. The maximum atomic E-state index is 5.28. The Kier molecular flexibility index (Phi) is 4.62. The highest BCUT2D eigenvalue weighted by atomic mass is 32.1. The maximum Gasteiger partial charge on any atom is 0.166 e. The SMILES string of the molecule is CC1CCCCN1C(C)CNC(=S)NC1CC1. The van der Waals surface area contributed by atoms with Crippen LogP contribution in [-0.4, -0.2) is 41.2 Å². The molecule has 17 heavy (non-hydrogen) atoms. The molecular formula is C13H25N3S. The average Bonchev–Trinajstić information content (AvgIpc) is 3.10. The normalized spacial score (nSPS) is 27.5. The van der Waals surface area contributed by atoms with Crippen LogP contribution in [0.3, 0.4) is 0 Å². The quantitative estimate of drug-likeness (QED) is 0.750. The molecule has 0 bridgehead atoms. The van der Waals surface area contributed by atoms with Crippen molar-refractivity contribution >= 4 is 17.3 Å². The summed E-state index contributed by atoms with van der Waals surface area (Å²) in [7, 11) is 0. The zero-order valence-electron chi connectivity index (χ0n) is 11.0. The smallest absolute Gasteiger partial charge is 0.166 e. The molecule has 0 spiro atoms. The van der Waals surface area contributed by atoms with Gasteiger partial charge in [0.1, 0.15) is 0 Å². The molecule has 2 aliphatic rings. The van der Waals surface area contributed by atoms with Crippen molar-refractivity contribution in [3.8, 4) is 0 Å². The number of nitrogens with zero attached hydrogens (tertiary/aromatic N) is 1. The van der Waals surface area contributed by atoms with Gasteiger partial charge >= 0.3 is 0 Å². The molecule has 0 aromatic carbocycles. The molecule has 0 amide bonds. The van der Waals surface area contributed by atoms with Crippen molar-refractivity contribution in [2.24, 2.45) is 0 Å². The van der Waals surface area contributed by atoms with Gasteiger partial charge in [0.05, 0.1) is 0 Å². The zero-order valence-corrected chi connectivity index (χ0v) is 11.9. The predicted molar refractivity (Wildman–Crippen MR) is 76.2 cm³/mol. The van der Waals surface area contributed by atoms with Gasteiger partial charge in [-0.1, -0.05) is 6.42 Å². The summed E-state index contributed by atoms with van der Waals surface area (Å²) in [4.78, 5) is 2.61. The number of thiocarbonyl (C=S) groups is 1. The summed E-state index contributed by atoms with van der Waals surface area (Å²) < 4.78 is 0. The van der Waals surface area contributed by atoms with Crippen molar-refractivity contribution in [1.82, 2.24) is 15.5 Å². The number of hydrogen-bond acceptors (Lipinski definition) is 2. The minimum Gasteiger partial charge on any atom is -0.361 e. The lowest BCUT2D eigenvalue weighted by Gasteiger charge is -2.38. The predicted octanol–water partition coefficient (Wildman–Crippen LogP) is 1.88. The molecule has 2 N–H and O–H groups in total. The van der Waals surface area contributed by atoms with Crippen LogP contribution in [0.15, 0.2) is 0 Å². The van der Waals surface area contributed by atoms with E-state index in [2.05, 4.69) is 29.4 Å².